The normalized spacial score (nSPS) is 14.5. The maximum atomic E-state index is 14.8. The third-order valence-electron chi connectivity index (χ3n) is 12.9. The average Bonchev–Trinajstić information content (AvgIpc) is 3.93. The van der Waals surface area contributed by atoms with Crippen molar-refractivity contribution in [3.63, 3.8) is 0 Å². The number of fused-ring (bicyclic) bond motifs is 2. The van der Waals surface area contributed by atoms with E-state index in [4.69, 9.17) is 5.11 Å². The number of anilines is 2. The fourth-order valence-electron chi connectivity index (χ4n) is 8.92. The first-order valence-electron chi connectivity index (χ1n) is 25.2. The molecule has 0 aromatic carbocycles. The minimum atomic E-state index is -0.489. The topological polar surface area (TPSA) is 195 Å². The number of carbonyl (C=O) groups is 2. The van der Waals surface area contributed by atoms with Crippen LogP contribution in [0.5, 0.6) is 0 Å². The Labute approximate surface area is 448 Å². The van der Waals surface area contributed by atoms with Crippen LogP contribution >= 0.6 is 22.6 Å². The second-order valence-corrected chi connectivity index (χ2v) is 19.9. The van der Waals surface area contributed by atoms with Gasteiger partial charge in [-0.2, -0.15) is 10.2 Å². The standard InChI is InChI=1S/C27H30FN7O2.C26H27FN6O.C2H5IO/c1-18(2)22-16-31-35-8-5-19(13-24(22)35)27-23(28)17-30-25(32-27)14-20-3-4-21(15-29-20)34-10-9-33(11-12-36)7-6-26(34)37;1-17(2)22-16-30-33-11-8-18(13-24(22)33)26-23(27)6-4-20(31-26)14-19-3-5-21(15-29-19)32-12-10-28-9-7-25(32)34;3-1-2-4/h3-5,8,13,15-18,36H,6-7,9-12,14H2,1-2H3;3-6,8,11,13,15-17,28H,7,9-10,12,14H2,1-2H3;4H,1-2H2. The Bertz CT molecular complexity index is 3200. The number of aliphatic hydroxyl groups is 2. The summed E-state index contributed by atoms with van der Waals surface area (Å²) in [5.74, 6) is 0.341. The molecule has 2 fully saturated rings. The Morgan fingerprint density at radius 3 is 1.76 bits per heavy atom. The summed E-state index contributed by atoms with van der Waals surface area (Å²) in [6, 6.07) is 18.2. The summed E-state index contributed by atoms with van der Waals surface area (Å²) in [7, 11) is 0. The number of nitrogens with zero attached hydrogens (tertiary/aromatic N) is 12. The molecule has 3 N–H and O–H groups in total. The Morgan fingerprint density at radius 1 is 0.613 bits per heavy atom. The number of nitrogens with one attached hydrogen (secondary N) is 1. The lowest BCUT2D eigenvalue weighted by atomic mass is 10.0. The number of aromatic nitrogens is 9. The molecule has 10 heterocycles. The molecule has 0 atom stereocenters. The molecule has 8 aromatic rings. The van der Waals surface area contributed by atoms with Crippen molar-refractivity contribution in [3.8, 4) is 22.5 Å². The zero-order chi connectivity index (χ0) is 53.0. The molecule has 0 aliphatic carbocycles. The van der Waals surface area contributed by atoms with Crippen molar-refractivity contribution in [2.75, 3.05) is 73.3 Å². The van der Waals surface area contributed by atoms with Gasteiger partial charge in [0.05, 0.1) is 73.0 Å². The van der Waals surface area contributed by atoms with Gasteiger partial charge in [-0.3, -0.25) is 24.5 Å². The van der Waals surface area contributed by atoms with Crippen LogP contribution in [0, 0.1) is 11.6 Å². The fraction of sp³-hybridized carbons (Fsp3) is 0.364. The summed E-state index contributed by atoms with van der Waals surface area (Å²) in [6.07, 6.45) is 13.6. The van der Waals surface area contributed by atoms with Gasteiger partial charge in [0, 0.05) is 121 Å². The van der Waals surface area contributed by atoms with Crippen LogP contribution in [0.3, 0.4) is 0 Å². The summed E-state index contributed by atoms with van der Waals surface area (Å²) in [6.45, 7) is 13.3. The number of hydrogen-bond acceptors (Lipinski definition) is 13. The lowest BCUT2D eigenvalue weighted by molar-refractivity contribution is -0.119. The number of β-amino-alcohol motifs (C(OH)–C–C–N with tert-alkyl or cyclic N) is 1. The molecule has 2 saturated heterocycles. The van der Waals surface area contributed by atoms with E-state index in [1.165, 1.54) is 12.3 Å². The molecule has 2 amide bonds. The molecule has 0 bridgehead atoms. The Kier molecular flexibility index (Phi) is 18.7. The number of aliphatic hydroxyl groups excluding tert-OH is 2. The number of hydrogen-bond donors (Lipinski definition) is 3. The number of rotatable bonds is 13. The molecular formula is C55H62F2IN13O4. The van der Waals surface area contributed by atoms with Crippen molar-refractivity contribution in [2.45, 2.75) is 65.2 Å². The molecule has 8 aromatic heterocycles. The minimum absolute atomic E-state index is 0.0391. The molecule has 0 saturated carbocycles. The number of alkyl halides is 1. The summed E-state index contributed by atoms with van der Waals surface area (Å²) in [4.78, 5) is 52.9. The van der Waals surface area contributed by atoms with Crippen molar-refractivity contribution >= 4 is 56.8 Å². The lowest BCUT2D eigenvalue weighted by Crippen LogP contribution is -2.34. The molecule has 10 rings (SSSR count). The predicted molar refractivity (Wildman–Crippen MR) is 293 cm³/mol. The SMILES string of the molecule is CC(C)c1cnn2ccc(-c3nc(Cc4ccc(N5CCN(CCO)CCC5=O)cn4)ncc3F)cc12.CC(C)c1cnn2ccc(-c3nc(Cc4ccc(N5CCNCCC5=O)cn4)ccc3F)cc12.OCCI. The van der Waals surface area contributed by atoms with E-state index in [0.717, 1.165) is 61.6 Å². The van der Waals surface area contributed by atoms with Crippen molar-refractivity contribution in [3.05, 3.63) is 150 Å². The van der Waals surface area contributed by atoms with Crippen LogP contribution in [0.15, 0.2) is 104 Å². The third kappa shape index (κ3) is 13.6. The van der Waals surface area contributed by atoms with E-state index in [1.807, 2.05) is 67.3 Å². The highest BCUT2D eigenvalue weighted by Crippen LogP contribution is 2.29. The van der Waals surface area contributed by atoms with Crippen LogP contribution in [0.1, 0.15) is 86.4 Å². The van der Waals surface area contributed by atoms with Gasteiger partial charge in [0.25, 0.3) is 0 Å². The van der Waals surface area contributed by atoms with Crippen molar-refractivity contribution in [2.24, 2.45) is 0 Å². The van der Waals surface area contributed by atoms with E-state index in [1.54, 1.807) is 43.4 Å². The van der Waals surface area contributed by atoms with Gasteiger partial charge in [0.2, 0.25) is 11.8 Å². The maximum absolute atomic E-state index is 14.8. The van der Waals surface area contributed by atoms with E-state index in [2.05, 4.69) is 95.6 Å². The maximum Gasteiger partial charge on any atom is 0.228 e. The molecule has 0 unspecified atom stereocenters. The molecule has 20 heteroatoms. The zero-order valence-corrected chi connectivity index (χ0v) is 44.7. The zero-order valence-electron chi connectivity index (χ0n) is 42.6. The fourth-order valence-corrected chi connectivity index (χ4v) is 8.92. The molecule has 392 valence electrons. The number of halogens is 3. The van der Waals surface area contributed by atoms with Crippen molar-refractivity contribution in [1.29, 1.82) is 0 Å². The summed E-state index contributed by atoms with van der Waals surface area (Å²) in [5, 5.41) is 29.1. The van der Waals surface area contributed by atoms with Crippen LogP contribution in [0.4, 0.5) is 20.2 Å². The second-order valence-electron chi connectivity index (χ2n) is 18.8. The van der Waals surface area contributed by atoms with E-state index < -0.39 is 5.82 Å². The second kappa shape index (κ2) is 25.7. The van der Waals surface area contributed by atoms with Gasteiger partial charge < -0.3 is 25.3 Å². The van der Waals surface area contributed by atoms with Gasteiger partial charge in [-0.25, -0.2) is 32.8 Å². The first kappa shape index (κ1) is 54.5. The highest BCUT2D eigenvalue weighted by atomic mass is 127. The van der Waals surface area contributed by atoms with E-state index in [0.29, 0.717) is 100 Å². The van der Waals surface area contributed by atoms with Gasteiger partial charge >= 0.3 is 0 Å². The summed E-state index contributed by atoms with van der Waals surface area (Å²) < 4.78 is 34.0. The van der Waals surface area contributed by atoms with Crippen LogP contribution in [-0.4, -0.2) is 135 Å². The van der Waals surface area contributed by atoms with Crippen LogP contribution in [0.2, 0.25) is 0 Å². The summed E-state index contributed by atoms with van der Waals surface area (Å²) >= 11 is 2.10. The molecule has 2 aliphatic rings. The van der Waals surface area contributed by atoms with E-state index >= 15 is 0 Å². The largest absolute Gasteiger partial charge is 0.396 e. The molecular weight excluding hydrogens is 1070 g/mol. The molecule has 0 spiro atoms. The number of amides is 2. The van der Waals surface area contributed by atoms with Crippen LogP contribution in [0.25, 0.3) is 33.5 Å². The quantitative estimate of drug-likeness (QED) is 0.0762. The van der Waals surface area contributed by atoms with Crippen LogP contribution in [-0.2, 0) is 22.4 Å². The van der Waals surface area contributed by atoms with Crippen molar-refractivity contribution in [1.82, 2.24) is 54.4 Å². The Hall–Kier alpha value is -6.72. The van der Waals surface area contributed by atoms with Gasteiger partial charge in [-0.15, -0.1) is 0 Å². The van der Waals surface area contributed by atoms with Gasteiger partial charge in [0.1, 0.15) is 23.0 Å². The van der Waals surface area contributed by atoms with Crippen molar-refractivity contribution < 1.29 is 28.6 Å². The number of carbonyl (C=O) groups excluding carboxylic acids is 2. The monoisotopic (exact) mass is 1130 g/mol. The third-order valence-corrected chi connectivity index (χ3v) is 13.4. The lowest BCUT2D eigenvalue weighted by Gasteiger charge is -2.21. The highest BCUT2D eigenvalue weighted by molar-refractivity contribution is 14.1. The molecule has 0 radical (unpaired) electrons. The first-order chi connectivity index (χ1) is 36.3. The average molecular weight is 1130 g/mol. The van der Waals surface area contributed by atoms with E-state index in [9.17, 15) is 23.5 Å². The van der Waals surface area contributed by atoms with Gasteiger partial charge in [-0.1, -0.05) is 50.3 Å². The first-order valence-corrected chi connectivity index (χ1v) is 26.7. The predicted octanol–water partition coefficient (Wildman–Crippen LogP) is 7.46. The Balaban J connectivity index is 0.000000187. The van der Waals surface area contributed by atoms with Crippen LogP contribution < -0.4 is 15.1 Å². The van der Waals surface area contributed by atoms with Gasteiger partial charge in [0.15, 0.2) is 5.82 Å². The smallest absolute Gasteiger partial charge is 0.228 e. The van der Waals surface area contributed by atoms with Gasteiger partial charge in [-0.05, 0) is 72.5 Å². The Morgan fingerprint density at radius 2 is 1.19 bits per heavy atom. The summed E-state index contributed by atoms with van der Waals surface area (Å²) in [5.41, 5.74) is 9.78. The molecule has 2 aliphatic heterocycles. The molecule has 17 nitrogen and oxygen atoms in total. The highest BCUT2D eigenvalue weighted by Gasteiger charge is 2.23. The minimum Gasteiger partial charge on any atom is -0.396 e. The molecule has 75 heavy (non-hydrogen) atoms. The van der Waals surface area contributed by atoms with E-state index in [-0.39, 0.29) is 35.9 Å². The number of pyridine rings is 5.